The lowest BCUT2D eigenvalue weighted by atomic mass is 9.87. The van der Waals surface area contributed by atoms with Crippen LogP contribution in [0, 0.1) is 17.3 Å². The molecule has 0 aromatic heterocycles. The highest BCUT2D eigenvalue weighted by atomic mass is 15.1. The van der Waals surface area contributed by atoms with Gasteiger partial charge in [0, 0.05) is 18.2 Å². The Bertz CT molecular complexity index is 460. The fourth-order valence-corrected chi connectivity index (χ4v) is 1.99. The Labute approximate surface area is 118 Å². The molecule has 0 amide bonds. The van der Waals surface area contributed by atoms with Crippen LogP contribution in [-0.2, 0) is 6.54 Å². The van der Waals surface area contributed by atoms with Crippen molar-refractivity contribution in [3.63, 3.8) is 0 Å². The molecule has 2 nitrogen and oxygen atoms in total. The molecular weight excluding hydrogens is 232 g/mol. The van der Waals surface area contributed by atoms with Gasteiger partial charge in [0.1, 0.15) is 0 Å². The number of hydrogen-bond acceptors (Lipinski definition) is 2. The topological polar surface area (TPSA) is 29.3 Å². The number of nitrogens with two attached hydrogens (primary N) is 1. The summed E-state index contributed by atoms with van der Waals surface area (Å²) in [5.74, 6) is 6.09. The van der Waals surface area contributed by atoms with Gasteiger partial charge in [-0.05, 0) is 31.0 Å². The van der Waals surface area contributed by atoms with Crippen molar-refractivity contribution in [1.82, 2.24) is 4.90 Å². The van der Waals surface area contributed by atoms with E-state index in [1.165, 1.54) is 5.56 Å². The van der Waals surface area contributed by atoms with E-state index < -0.39 is 0 Å². The highest BCUT2D eigenvalue weighted by molar-refractivity contribution is 5.41. The Hall–Kier alpha value is -1.30. The molecule has 0 heterocycles. The van der Waals surface area contributed by atoms with Crippen molar-refractivity contribution < 1.29 is 0 Å². The zero-order valence-electron chi connectivity index (χ0n) is 12.8. The molecule has 19 heavy (non-hydrogen) atoms. The molecule has 0 bridgehead atoms. The predicted octanol–water partition coefficient (Wildman–Crippen LogP) is 2.86. The quantitative estimate of drug-likeness (QED) is 0.845. The minimum Gasteiger partial charge on any atom is -0.320 e. The van der Waals surface area contributed by atoms with Crippen LogP contribution >= 0.6 is 0 Å². The Kier molecular flexibility index (Phi) is 5.60. The van der Waals surface area contributed by atoms with E-state index in [4.69, 9.17) is 5.73 Å². The third-order valence-corrected chi connectivity index (χ3v) is 3.68. The first-order valence-electron chi connectivity index (χ1n) is 6.83. The molecule has 0 saturated carbocycles. The van der Waals surface area contributed by atoms with Crippen LogP contribution in [0.2, 0.25) is 0 Å². The van der Waals surface area contributed by atoms with Crippen LogP contribution in [0.5, 0.6) is 0 Å². The molecular formula is C17H26N2. The first kappa shape index (κ1) is 15.8. The molecule has 104 valence electrons. The van der Waals surface area contributed by atoms with Crippen molar-refractivity contribution in [3.8, 4) is 11.8 Å². The smallest absolute Gasteiger partial charge is 0.0555 e. The second kappa shape index (κ2) is 6.75. The molecule has 0 spiro atoms. The van der Waals surface area contributed by atoms with Crippen LogP contribution in [0.25, 0.3) is 0 Å². The molecule has 0 aliphatic rings. The number of rotatable bonds is 3. The summed E-state index contributed by atoms with van der Waals surface area (Å²) in [5, 5.41) is 0. The number of nitrogens with zero attached hydrogens (tertiary/aromatic N) is 1. The summed E-state index contributed by atoms with van der Waals surface area (Å²) in [6, 6.07) is 8.80. The van der Waals surface area contributed by atoms with Crippen LogP contribution in [-0.4, -0.2) is 24.5 Å². The fourth-order valence-electron chi connectivity index (χ4n) is 1.99. The lowest BCUT2D eigenvalue weighted by Crippen LogP contribution is -2.38. The van der Waals surface area contributed by atoms with Crippen molar-refractivity contribution in [1.29, 1.82) is 0 Å². The zero-order chi connectivity index (χ0) is 14.5. The van der Waals surface area contributed by atoms with E-state index in [0.29, 0.717) is 12.6 Å². The monoisotopic (exact) mass is 258 g/mol. The first-order valence-corrected chi connectivity index (χ1v) is 6.83. The van der Waals surface area contributed by atoms with Gasteiger partial charge in [0.25, 0.3) is 0 Å². The van der Waals surface area contributed by atoms with E-state index >= 15 is 0 Å². The van der Waals surface area contributed by atoms with E-state index in [2.05, 4.69) is 69.7 Å². The van der Waals surface area contributed by atoms with Gasteiger partial charge < -0.3 is 5.73 Å². The molecule has 1 rings (SSSR count). The second-order valence-corrected chi connectivity index (χ2v) is 6.12. The van der Waals surface area contributed by atoms with E-state index in [9.17, 15) is 0 Å². The number of hydrogen-bond donors (Lipinski definition) is 1. The van der Waals surface area contributed by atoms with Crippen LogP contribution in [0.4, 0.5) is 0 Å². The van der Waals surface area contributed by atoms with Crippen LogP contribution in [0.1, 0.15) is 38.8 Å². The zero-order valence-corrected chi connectivity index (χ0v) is 12.8. The van der Waals surface area contributed by atoms with Crippen LogP contribution < -0.4 is 5.73 Å². The van der Waals surface area contributed by atoms with E-state index in [-0.39, 0.29) is 5.41 Å². The summed E-state index contributed by atoms with van der Waals surface area (Å²) in [6.07, 6.45) is 0. The molecule has 1 aromatic carbocycles. The van der Waals surface area contributed by atoms with Gasteiger partial charge >= 0.3 is 0 Å². The molecule has 1 aromatic rings. The van der Waals surface area contributed by atoms with Crippen molar-refractivity contribution in [2.75, 3.05) is 13.6 Å². The Balaban J connectivity index is 2.88. The molecule has 1 atom stereocenters. The third-order valence-electron chi connectivity index (χ3n) is 3.68. The van der Waals surface area contributed by atoms with Gasteiger partial charge in [0.05, 0.1) is 6.54 Å². The van der Waals surface area contributed by atoms with Gasteiger partial charge in [-0.2, -0.15) is 0 Å². The normalized spacial score (nSPS) is 13.0. The lowest BCUT2D eigenvalue weighted by Gasteiger charge is -2.35. The maximum absolute atomic E-state index is 5.45. The van der Waals surface area contributed by atoms with Gasteiger partial charge in [-0.25, -0.2) is 0 Å². The predicted molar refractivity (Wildman–Crippen MR) is 82.8 cm³/mol. The molecule has 1 unspecified atom stereocenters. The molecule has 2 heteroatoms. The molecule has 0 saturated heterocycles. The average molecular weight is 258 g/mol. The van der Waals surface area contributed by atoms with E-state index in [1.54, 1.807) is 0 Å². The number of benzene rings is 1. The van der Waals surface area contributed by atoms with Gasteiger partial charge in [-0.3, -0.25) is 4.90 Å². The van der Waals surface area contributed by atoms with Gasteiger partial charge in [0.15, 0.2) is 0 Å². The minimum absolute atomic E-state index is 0.270. The molecule has 0 radical (unpaired) electrons. The molecule has 0 aliphatic heterocycles. The van der Waals surface area contributed by atoms with E-state index in [0.717, 1.165) is 12.1 Å². The maximum Gasteiger partial charge on any atom is 0.0555 e. The van der Waals surface area contributed by atoms with Gasteiger partial charge in [-0.1, -0.05) is 50.8 Å². The summed E-state index contributed by atoms with van der Waals surface area (Å²) >= 11 is 0. The Morgan fingerprint density at radius 1 is 1.26 bits per heavy atom. The molecule has 0 aliphatic carbocycles. The highest BCUT2D eigenvalue weighted by Gasteiger charge is 2.23. The SMILES string of the molecule is CC(N(C)Cc1ccccc1C#CCN)C(C)(C)C. The molecule has 2 N–H and O–H groups in total. The summed E-state index contributed by atoms with van der Waals surface area (Å²) in [6.45, 7) is 10.4. The van der Waals surface area contributed by atoms with Crippen LogP contribution in [0.3, 0.4) is 0 Å². The van der Waals surface area contributed by atoms with E-state index in [1.807, 2.05) is 6.07 Å². The standard InChI is InChI=1S/C17H26N2/c1-14(17(2,3)4)19(5)13-16-10-7-6-9-15(16)11-8-12-18/h6-7,9-10,14H,12-13,18H2,1-5H3. The first-order chi connectivity index (χ1) is 8.86. The largest absolute Gasteiger partial charge is 0.320 e. The van der Waals surface area contributed by atoms with Crippen molar-refractivity contribution in [2.24, 2.45) is 11.1 Å². The minimum atomic E-state index is 0.270. The lowest BCUT2D eigenvalue weighted by molar-refractivity contribution is 0.134. The van der Waals surface area contributed by atoms with Crippen LogP contribution in [0.15, 0.2) is 24.3 Å². The summed E-state index contributed by atoms with van der Waals surface area (Å²) in [4.78, 5) is 2.38. The fraction of sp³-hybridized carbons (Fsp3) is 0.529. The van der Waals surface area contributed by atoms with Crippen molar-refractivity contribution in [3.05, 3.63) is 35.4 Å². The summed E-state index contributed by atoms with van der Waals surface area (Å²) < 4.78 is 0. The second-order valence-electron chi connectivity index (χ2n) is 6.12. The van der Waals surface area contributed by atoms with Crippen molar-refractivity contribution >= 4 is 0 Å². The molecule has 0 fully saturated rings. The highest BCUT2D eigenvalue weighted by Crippen LogP contribution is 2.24. The third kappa shape index (κ3) is 4.70. The summed E-state index contributed by atoms with van der Waals surface area (Å²) in [7, 11) is 2.17. The average Bonchev–Trinajstić information content (AvgIpc) is 2.35. The maximum atomic E-state index is 5.45. The Morgan fingerprint density at radius 3 is 2.47 bits per heavy atom. The van der Waals surface area contributed by atoms with Crippen molar-refractivity contribution in [2.45, 2.75) is 40.3 Å². The van der Waals surface area contributed by atoms with Gasteiger partial charge in [-0.15, -0.1) is 0 Å². The summed E-state index contributed by atoms with van der Waals surface area (Å²) in [5.41, 5.74) is 8.07. The van der Waals surface area contributed by atoms with Gasteiger partial charge in [0.2, 0.25) is 0 Å². The Morgan fingerprint density at radius 2 is 1.89 bits per heavy atom.